The molecule has 1 fully saturated rings. The van der Waals surface area contributed by atoms with Crippen LogP contribution in [0, 0.1) is 18.7 Å². The lowest BCUT2D eigenvalue weighted by Crippen LogP contribution is -2.59. The van der Waals surface area contributed by atoms with Crippen LogP contribution in [0.4, 0.5) is 4.39 Å². The zero-order valence-corrected chi connectivity index (χ0v) is 19.2. The Morgan fingerprint density at radius 2 is 1.94 bits per heavy atom. The molecule has 0 bridgehead atoms. The number of aliphatic hydroxyl groups is 2. The summed E-state index contributed by atoms with van der Waals surface area (Å²) in [5.41, 5.74) is 2.46. The fraction of sp³-hybridized carbons (Fsp3) is 0.480. The summed E-state index contributed by atoms with van der Waals surface area (Å²) < 4.78 is 26.0. The largest absolute Gasteiger partial charge is 0.462 e. The molecule has 1 heterocycles. The van der Waals surface area contributed by atoms with Crippen LogP contribution < -0.4 is 10.1 Å². The molecule has 6 nitrogen and oxygen atoms in total. The molecule has 4 atom stereocenters. The molecule has 0 spiro atoms. The van der Waals surface area contributed by atoms with E-state index in [1.54, 1.807) is 18.2 Å². The van der Waals surface area contributed by atoms with Gasteiger partial charge in [0.1, 0.15) is 17.7 Å². The fourth-order valence-electron chi connectivity index (χ4n) is 3.94. The Bertz CT molecular complexity index is 977. The van der Waals surface area contributed by atoms with Gasteiger partial charge in [-0.15, -0.1) is 0 Å². The van der Waals surface area contributed by atoms with Crippen molar-refractivity contribution in [3.63, 3.8) is 0 Å². The lowest BCUT2D eigenvalue weighted by molar-refractivity contribution is -0.285. The van der Waals surface area contributed by atoms with Crippen LogP contribution in [0.1, 0.15) is 38.8 Å². The highest BCUT2D eigenvalue weighted by atomic mass is 19.1. The molecule has 0 aromatic heterocycles. The summed E-state index contributed by atoms with van der Waals surface area (Å²) >= 11 is 0. The van der Waals surface area contributed by atoms with Gasteiger partial charge in [-0.05, 0) is 67.6 Å². The van der Waals surface area contributed by atoms with Crippen molar-refractivity contribution in [2.75, 3.05) is 6.54 Å². The Labute approximate surface area is 188 Å². The van der Waals surface area contributed by atoms with E-state index in [1.165, 1.54) is 19.1 Å². The molecule has 1 saturated heterocycles. The summed E-state index contributed by atoms with van der Waals surface area (Å²) in [6.45, 7) is 9.29. The van der Waals surface area contributed by atoms with E-state index in [0.717, 1.165) is 16.7 Å². The van der Waals surface area contributed by atoms with Crippen molar-refractivity contribution in [1.29, 1.82) is 0 Å². The maximum atomic E-state index is 13.9. The third-order valence-electron chi connectivity index (χ3n) is 6.21. The van der Waals surface area contributed by atoms with Gasteiger partial charge in [-0.3, -0.25) is 4.79 Å². The maximum Gasteiger partial charge on any atom is 0.229 e. The molecule has 0 radical (unpaired) electrons. The molecule has 3 rings (SSSR count). The van der Waals surface area contributed by atoms with Gasteiger partial charge in [0.25, 0.3) is 0 Å². The number of ether oxygens (including phenoxy) is 2. The molecule has 2 aromatic carbocycles. The summed E-state index contributed by atoms with van der Waals surface area (Å²) in [7, 11) is 0. The summed E-state index contributed by atoms with van der Waals surface area (Å²) in [6, 6.07) is 9.98. The van der Waals surface area contributed by atoms with E-state index in [2.05, 4.69) is 5.32 Å². The second kappa shape index (κ2) is 9.57. The van der Waals surface area contributed by atoms with Gasteiger partial charge in [-0.2, -0.15) is 0 Å². The lowest BCUT2D eigenvalue weighted by Gasteiger charge is -2.46. The minimum absolute atomic E-state index is 0.118. The maximum absolute atomic E-state index is 13.9. The van der Waals surface area contributed by atoms with Gasteiger partial charge in [0.05, 0.1) is 11.7 Å². The predicted molar refractivity (Wildman–Crippen MR) is 120 cm³/mol. The summed E-state index contributed by atoms with van der Waals surface area (Å²) in [6.07, 6.45) is -2.71. The first-order chi connectivity index (χ1) is 15.0. The van der Waals surface area contributed by atoms with Gasteiger partial charge >= 0.3 is 0 Å². The molecule has 0 aliphatic carbocycles. The quantitative estimate of drug-likeness (QED) is 0.635. The minimum atomic E-state index is -1.21. The van der Waals surface area contributed by atoms with Crippen molar-refractivity contribution in [3.05, 3.63) is 53.3 Å². The molecule has 32 heavy (non-hydrogen) atoms. The van der Waals surface area contributed by atoms with E-state index >= 15 is 0 Å². The van der Waals surface area contributed by atoms with E-state index in [0.29, 0.717) is 24.3 Å². The molecule has 2 aromatic rings. The standard InChI is InChI=1S/C25H32FNO5/c1-14-11-18(9-10-27-16(3)28)20(17-7-6-8-19(26)12-17)13-21(14)31-24-23(30)22(29)15(2)25(4,5)32-24/h6-8,11-13,15,22-24,29-30H,9-10H2,1-5H3,(H,27,28)/t15-,22-,23-,24?/m1/s1. The van der Waals surface area contributed by atoms with Crippen molar-refractivity contribution in [2.24, 2.45) is 5.92 Å². The number of rotatable bonds is 6. The SMILES string of the molecule is CC(=O)NCCc1cc(C)c(OC2OC(C)(C)[C@H](C)[C@@H](O)[C@H]2O)cc1-c1cccc(F)c1. The van der Waals surface area contributed by atoms with Crippen LogP contribution in [0.25, 0.3) is 11.1 Å². The summed E-state index contributed by atoms with van der Waals surface area (Å²) in [5, 5.41) is 23.8. The normalized spacial score (nSPS) is 24.8. The van der Waals surface area contributed by atoms with Crippen LogP contribution in [0.2, 0.25) is 0 Å². The molecule has 1 aliphatic heterocycles. The Morgan fingerprint density at radius 3 is 2.59 bits per heavy atom. The van der Waals surface area contributed by atoms with Crippen LogP contribution in [-0.2, 0) is 16.0 Å². The number of hydrogen-bond donors (Lipinski definition) is 3. The van der Waals surface area contributed by atoms with E-state index in [4.69, 9.17) is 9.47 Å². The molecule has 0 saturated carbocycles. The third-order valence-corrected chi connectivity index (χ3v) is 6.21. The minimum Gasteiger partial charge on any atom is -0.462 e. The Kier molecular flexibility index (Phi) is 7.22. The number of hydrogen-bond acceptors (Lipinski definition) is 5. The van der Waals surface area contributed by atoms with Gasteiger partial charge in [0, 0.05) is 19.4 Å². The van der Waals surface area contributed by atoms with Crippen LogP contribution in [0.15, 0.2) is 36.4 Å². The third kappa shape index (κ3) is 5.28. The first-order valence-electron chi connectivity index (χ1n) is 10.8. The van der Waals surface area contributed by atoms with E-state index in [-0.39, 0.29) is 17.6 Å². The van der Waals surface area contributed by atoms with Crippen molar-refractivity contribution in [2.45, 2.75) is 65.1 Å². The molecule has 174 valence electrons. The molecule has 1 amide bonds. The zero-order valence-electron chi connectivity index (χ0n) is 19.2. The first kappa shape index (κ1) is 24.2. The lowest BCUT2D eigenvalue weighted by atomic mass is 9.82. The van der Waals surface area contributed by atoms with Gasteiger partial charge in [0.2, 0.25) is 12.2 Å². The highest BCUT2D eigenvalue weighted by molar-refractivity contribution is 5.73. The van der Waals surface area contributed by atoms with Gasteiger partial charge < -0.3 is 25.0 Å². The van der Waals surface area contributed by atoms with Gasteiger partial charge in [0.15, 0.2) is 0 Å². The van der Waals surface area contributed by atoms with Crippen molar-refractivity contribution in [1.82, 2.24) is 5.32 Å². The van der Waals surface area contributed by atoms with Crippen LogP contribution in [0.3, 0.4) is 0 Å². The topological polar surface area (TPSA) is 88.0 Å². The first-order valence-corrected chi connectivity index (χ1v) is 10.8. The molecule has 1 unspecified atom stereocenters. The van der Waals surface area contributed by atoms with E-state index in [9.17, 15) is 19.4 Å². The molecule has 7 heteroatoms. The number of aliphatic hydroxyl groups excluding tert-OH is 2. The Morgan fingerprint density at radius 1 is 1.22 bits per heavy atom. The molecule has 1 aliphatic rings. The van der Waals surface area contributed by atoms with Crippen LogP contribution in [0.5, 0.6) is 5.75 Å². The highest BCUT2D eigenvalue weighted by Crippen LogP contribution is 2.37. The average Bonchev–Trinajstić information content (AvgIpc) is 2.71. The van der Waals surface area contributed by atoms with Gasteiger partial charge in [-0.1, -0.05) is 25.1 Å². The molecule has 3 N–H and O–H groups in total. The predicted octanol–water partition coefficient (Wildman–Crippen LogP) is 3.35. The second-order valence-corrected chi connectivity index (χ2v) is 9.00. The summed E-state index contributed by atoms with van der Waals surface area (Å²) in [4.78, 5) is 11.3. The van der Waals surface area contributed by atoms with Crippen LogP contribution >= 0.6 is 0 Å². The smallest absolute Gasteiger partial charge is 0.229 e. The molecular formula is C25H32FNO5. The number of carbonyl (C=O) groups is 1. The Hall–Kier alpha value is -2.48. The van der Waals surface area contributed by atoms with Crippen LogP contribution in [-0.4, -0.2) is 46.8 Å². The number of benzene rings is 2. The van der Waals surface area contributed by atoms with E-state index < -0.39 is 24.1 Å². The van der Waals surface area contributed by atoms with Crippen molar-refractivity contribution >= 4 is 5.91 Å². The number of carbonyl (C=O) groups excluding carboxylic acids is 1. The number of nitrogens with one attached hydrogen (secondary N) is 1. The number of amides is 1. The fourth-order valence-corrected chi connectivity index (χ4v) is 3.94. The summed E-state index contributed by atoms with van der Waals surface area (Å²) in [5.74, 6) is -0.289. The number of aryl methyl sites for hydroxylation is 1. The zero-order chi connectivity index (χ0) is 23.6. The van der Waals surface area contributed by atoms with Gasteiger partial charge in [-0.25, -0.2) is 4.39 Å². The highest BCUT2D eigenvalue weighted by Gasteiger charge is 2.47. The Balaban J connectivity index is 1.96. The second-order valence-electron chi connectivity index (χ2n) is 9.00. The average molecular weight is 446 g/mol. The monoisotopic (exact) mass is 445 g/mol. The van der Waals surface area contributed by atoms with Crippen molar-refractivity contribution in [3.8, 4) is 16.9 Å². The number of halogens is 1. The molecular weight excluding hydrogens is 413 g/mol. The van der Waals surface area contributed by atoms with E-state index in [1.807, 2.05) is 33.8 Å². The van der Waals surface area contributed by atoms with Crippen molar-refractivity contribution < 1.29 is 28.9 Å².